The summed E-state index contributed by atoms with van der Waals surface area (Å²) in [6.07, 6.45) is 0. The maximum atomic E-state index is 13.8. The Kier molecular flexibility index (Phi) is 5.89. The number of hydrogen-bond acceptors (Lipinski definition) is 6. The van der Waals surface area contributed by atoms with Crippen LogP contribution in [-0.4, -0.2) is 26.9 Å². The van der Waals surface area contributed by atoms with Crippen molar-refractivity contribution in [2.24, 2.45) is 7.05 Å². The number of hydrogen-bond donors (Lipinski definition) is 0. The Morgan fingerprint density at radius 1 is 0.969 bits per heavy atom. The molecule has 0 aliphatic heterocycles. The highest BCUT2D eigenvalue weighted by Gasteiger charge is 2.16. The number of nitrogens with zero attached hydrogens (tertiary/aromatic N) is 4. The van der Waals surface area contributed by atoms with E-state index in [-0.39, 0.29) is 18.0 Å². The second-order valence-corrected chi connectivity index (χ2v) is 7.00. The molecule has 0 atom stereocenters. The number of halogens is 1. The van der Waals surface area contributed by atoms with Gasteiger partial charge in [0.1, 0.15) is 23.9 Å². The van der Waals surface area contributed by atoms with Crippen LogP contribution in [0.15, 0.2) is 65.5 Å². The third-order valence-electron chi connectivity index (χ3n) is 4.86. The summed E-state index contributed by atoms with van der Waals surface area (Å²) < 4.78 is 33.3. The average Bonchev–Trinajstić information content (AvgIpc) is 3.12. The van der Waals surface area contributed by atoms with Gasteiger partial charge in [0.25, 0.3) is 0 Å². The molecule has 3 aromatic carbocycles. The first-order valence-corrected chi connectivity index (χ1v) is 9.79. The van der Waals surface area contributed by atoms with Gasteiger partial charge in [0.15, 0.2) is 11.6 Å². The van der Waals surface area contributed by atoms with Gasteiger partial charge in [0, 0.05) is 7.05 Å². The van der Waals surface area contributed by atoms with E-state index in [9.17, 15) is 9.18 Å². The van der Waals surface area contributed by atoms with Crippen LogP contribution in [0.5, 0.6) is 23.0 Å². The van der Waals surface area contributed by atoms with E-state index in [4.69, 9.17) is 14.2 Å². The number of aromatic nitrogens is 4. The molecule has 4 rings (SSSR count). The molecule has 1 heterocycles. The predicted octanol–water partition coefficient (Wildman–Crippen LogP) is 3.79. The van der Waals surface area contributed by atoms with E-state index in [0.29, 0.717) is 28.5 Å². The lowest BCUT2D eigenvalue weighted by atomic mass is 10.1. The summed E-state index contributed by atoms with van der Waals surface area (Å²) in [6.45, 7) is 1.98. The first-order chi connectivity index (χ1) is 15.5. The van der Waals surface area contributed by atoms with Gasteiger partial charge in [0.2, 0.25) is 0 Å². The molecule has 0 saturated carbocycles. The van der Waals surface area contributed by atoms with E-state index in [1.807, 2.05) is 6.92 Å². The number of methoxy groups -OCH3 is 1. The van der Waals surface area contributed by atoms with Crippen LogP contribution < -0.4 is 19.9 Å². The van der Waals surface area contributed by atoms with Gasteiger partial charge in [-0.05, 0) is 65.4 Å². The quantitative estimate of drug-likeness (QED) is 0.439. The summed E-state index contributed by atoms with van der Waals surface area (Å²) in [6, 6.07) is 16.7. The SMILES string of the molecule is COc1cccc(-n2nnn(C)c2=O)c1COc1ccc(Oc2ccccc2F)cc1C. The Balaban J connectivity index is 1.58. The molecule has 4 aromatic rings. The summed E-state index contributed by atoms with van der Waals surface area (Å²) >= 11 is 0. The average molecular weight is 436 g/mol. The van der Waals surface area contributed by atoms with E-state index in [1.165, 1.54) is 17.8 Å². The topological polar surface area (TPSA) is 80.4 Å². The van der Waals surface area contributed by atoms with Crippen LogP contribution in [0.25, 0.3) is 5.69 Å². The van der Waals surface area contributed by atoms with Crippen LogP contribution >= 0.6 is 0 Å². The molecule has 0 saturated heterocycles. The fraction of sp³-hybridized carbons (Fsp3) is 0.174. The molecule has 1 aromatic heterocycles. The molecule has 0 fully saturated rings. The number of ether oxygens (including phenoxy) is 3. The van der Waals surface area contributed by atoms with Crippen molar-refractivity contribution in [2.75, 3.05) is 7.11 Å². The minimum Gasteiger partial charge on any atom is -0.496 e. The molecule has 32 heavy (non-hydrogen) atoms. The molecular formula is C23H21FN4O4. The predicted molar refractivity (Wildman–Crippen MR) is 115 cm³/mol. The van der Waals surface area contributed by atoms with Gasteiger partial charge in [-0.25, -0.2) is 9.18 Å². The third kappa shape index (κ3) is 4.18. The summed E-state index contributed by atoms with van der Waals surface area (Å²) in [7, 11) is 3.07. The highest BCUT2D eigenvalue weighted by atomic mass is 19.1. The van der Waals surface area contributed by atoms with Crippen LogP contribution in [0.2, 0.25) is 0 Å². The Bertz CT molecular complexity index is 1320. The van der Waals surface area contributed by atoms with Crippen LogP contribution in [-0.2, 0) is 13.7 Å². The van der Waals surface area contributed by atoms with E-state index >= 15 is 0 Å². The van der Waals surface area contributed by atoms with Crippen molar-refractivity contribution in [3.8, 4) is 28.7 Å². The molecule has 164 valence electrons. The largest absolute Gasteiger partial charge is 0.496 e. The molecule has 0 unspecified atom stereocenters. The van der Waals surface area contributed by atoms with Crippen LogP contribution in [0.3, 0.4) is 0 Å². The van der Waals surface area contributed by atoms with E-state index < -0.39 is 5.82 Å². The highest BCUT2D eigenvalue weighted by Crippen LogP contribution is 2.31. The zero-order valence-electron chi connectivity index (χ0n) is 17.8. The molecule has 0 bridgehead atoms. The van der Waals surface area contributed by atoms with Gasteiger partial charge in [0.05, 0.1) is 18.4 Å². The summed E-state index contributed by atoms with van der Waals surface area (Å²) in [4.78, 5) is 12.3. The van der Waals surface area contributed by atoms with Crippen molar-refractivity contribution in [2.45, 2.75) is 13.5 Å². The highest BCUT2D eigenvalue weighted by molar-refractivity contribution is 5.49. The molecule has 0 aliphatic rings. The molecule has 0 N–H and O–H groups in total. The maximum Gasteiger partial charge on any atom is 0.368 e. The Labute approximate surface area is 183 Å². The van der Waals surface area contributed by atoms with Crippen LogP contribution in [0.4, 0.5) is 4.39 Å². The monoisotopic (exact) mass is 436 g/mol. The van der Waals surface area contributed by atoms with Crippen LogP contribution in [0, 0.1) is 12.7 Å². The molecule has 0 spiro atoms. The normalized spacial score (nSPS) is 10.8. The molecule has 0 aliphatic carbocycles. The molecular weight excluding hydrogens is 415 g/mol. The van der Waals surface area contributed by atoms with Crippen molar-refractivity contribution < 1.29 is 18.6 Å². The fourth-order valence-corrected chi connectivity index (χ4v) is 3.21. The molecule has 8 nitrogen and oxygen atoms in total. The Hall–Kier alpha value is -4.14. The van der Waals surface area contributed by atoms with E-state index in [2.05, 4.69) is 10.4 Å². The summed E-state index contributed by atoms with van der Waals surface area (Å²) in [5.74, 6) is 1.36. The number of aryl methyl sites for hydroxylation is 2. The lowest BCUT2D eigenvalue weighted by molar-refractivity contribution is 0.293. The minimum atomic E-state index is -0.437. The zero-order valence-corrected chi connectivity index (χ0v) is 17.8. The van der Waals surface area contributed by atoms with Gasteiger partial charge >= 0.3 is 5.69 Å². The number of rotatable bonds is 7. The molecule has 9 heteroatoms. The van der Waals surface area contributed by atoms with Crippen molar-refractivity contribution >= 4 is 0 Å². The van der Waals surface area contributed by atoms with Gasteiger partial charge < -0.3 is 14.2 Å². The zero-order chi connectivity index (χ0) is 22.7. The summed E-state index contributed by atoms with van der Waals surface area (Å²) in [5, 5.41) is 7.68. The van der Waals surface area contributed by atoms with Gasteiger partial charge in [-0.15, -0.1) is 0 Å². The third-order valence-corrected chi connectivity index (χ3v) is 4.86. The van der Waals surface area contributed by atoms with Crippen LogP contribution in [0.1, 0.15) is 11.1 Å². The Morgan fingerprint density at radius 2 is 1.75 bits per heavy atom. The second-order valence-electron chi connectivity index (χ2n) is 7.00. The first-order valence-electron chi connectivity index (χ1n) is 9.79. The summed E-state index contributed by atoms with van der Waals surface area (Å²) in [5.41, 5.74) is 1.57. The van der Waals surface area contributed by atoms with Crippen molar-refractivity contribution in [3.05, 3.63) is 88.1 Å². The van der Waals surface area contributed by atoms with E-state index in [1.54, 1.807) is 61.7 Å². The first kappa shape index (κ1) is 21.1. The second kappa shape index (κ2) is 8.93. The fourth-order valence-electron chi connectivity index (χ4n) is 3.21. The lowest BCUT2D eigenvalue weighted by Crippen LogP contribution is -2.23. The Morgan fingerprint density at radius 3 is 2.44 bits per heavy atom. The van der Waals surface area contributed by atoms with Crippen molar-refractivity contribution in [1.29, 1.82) is 0 Å². The van der Waals surface area contributed by atoms with E-state index in [0.717, 1.165) is 10.2 Å². The maximum absolute atomic E-state index is 13.8. The molecule has 0 radical (unpaired) electrons. The number of tetrazole rings is 1. The smallest absolute Gasteiger partial charge is 0.368 e. The lowest BCUT2D eigenvalue weighted by Gasteiger charge is -2.15. The minimum absolute atomic E-state index is 0.122. The van der Waals surface area contributed by atoms with Crippen molar-refractivity contribution in [1.82, 2.24) is 19.8 Å². The molecule has 0 amide bonds. The van der Waals surface area contributed by atoms with Gasteiger partial charge in [-0.1, -0.05) is 18.2 Å². The number of para-hydroxylation sites is 1. The van der Waals surface area contributed by atoms with Gasteiger partial charge in [-0.3, -0.25) is 0 Å². The van der Waals surface area contributed by atoms with Gasteiger partial charge in [-0.2, -0.15) is 9.36 Å². The standard InChI is InChI=1S/C23H21FN4O4/c1-15-13-16(32-22-9-5-4-7-18(22)24)11-12-20(15)31-14-17-19(8-6-10-21(17)30-3)28-23(29)27(2)25-26-28/h4-13H,14H2,1-3H3. The van der Waals surface area contributed by atoms with Crippen molar-refractivity contribution in [3.63, 3.8) is 0 Å². The number of benzene rings is 3.